The number of imide groups is 1. The fourth-order valence-corrected chi connectivity index (χ4v) is 2.87. The van der Waals surface area contributed by atoms with Gasteiger partial charge in [0.1, 0.15) is 6.04 Å². The van der Waals surface area contributed by atoms with Crippen molar-refractivity contribution in [2.24, 2.45) is 0 Å². The molecule has 3 amide bonds. The quantitative estimate of drug-likeness (QED) is 0.546. The average molecular weight is 250 g/mol. The molecule has 2 atom stereocenters. The second kappa shape index (κ2) is 4.95. The van der Waals surface area contributed by atoms with Gasteiger partial charge in [-0.3, -0.25) is 14.7 Å². The van der Waals surface area contributed by atoms with Crippen LogP contribution >= 0.6 is 7.60 Å². The minimum Gasteiger partial charge on any atom is -0.326 e. The minimum atomic E-state index is -3.20. The van der Waals surface area contributed by atoms with E-state index in [9.17, 15) is 14.2 Å². The van der Waals surface area contributed by atoms with Crippen LogP contribution in [0.2, 0.25) is 0 Å². The van der Waals surface area contributed by atoms with Gasteiger partial charge in [-0.2, -0.15) is 0 Å². The molecule has 1 saturated heterocycles. The smallest absolute Gasteiger partial charge is 0.326 e. The topological polar surface area (TPSA) is 93.7 Å². The van der Waals surface area contributed by atoms with Gasteiger partial charge in [0.2, 0.25) is 0 Å². The van der Waals surface area contributed by atoms with Gasteiger partial charge in [0.25, 0.3) is 5.91 Å². The van der Waals surface area contributed by atoms with E-state index in [-0.39, 0.29) is 6.42 Å². The Morgan fingerprint density at radius 1 is 1.38 bits per heavy atom. The first-order chi connectivity index (χ1) is 7.42. The first-order valence-electron chi connectivity index (χ1n) is 4.75. The fourth-order valence-electron chi connectivity index (χ4n) is 1.53. The zero-order valence-corrected chi connectivity index (χ0v) is 10.2. The summed E-state index contributed by atoms with van der Waals surface area (Å²) >= 11 is 0. The molecule has 1 heterocycles. The molecule has 0 spiro atoms. The molecular formula is C8H15N2O5P. The van der Waals surface area contributed by atoms with Crippen molar-refractivity contribution in [3.8, 4) is 0 Å². The molecule has 2 unspecified atom stereocenters. The van der Waals surface area contributed by atoms with Gasteiger partial charge in [-0.15, -0.1) is 0 Å². The van der Waals surface area contributed by atoms with E-state index in [0.29, 0.717) is 0 Å². The van der Waals surface area contributed by atoms with Crippen molar-refractivity contribution in [1.82, 2.24) is 10.6 Å². The summed E-state index contributed by atoms with van der Waals surface area (Å²) in [7, 11) is -0.631. The lowest BCUT2D eigenvalue weighted by atomic mass is 10.2. The van der Waals surface area contributed by atoms with Crippen LogP contribution in [0.25, 0.3) is 0 Å². The molecule has 0 bridgehead atoms. The molecule has 0 saturated carbocycles. The highest BCUT2D eigenvalue weighted by Crippen LogP contribution is 2.52. The van der Waals surface area contributed by atoms with Gasteiger partial charge < -0.3 is 14.4 Å². The normalized spacial score (nSPS) is 22.8. The Kier molecular flexibility index (Phi) is 4.07. The van der Waals surface area contributed by atoms with E-state index in [1.165, 1.54) is 14.2 Å². The highest BCUT2D eigenvalue weighted by molar-refractivity contribution is 7.54. The third-order valence-electron chi connectivity index (χ3n) is 2.48. The summed E-state index contributed by atoms with van der Waals surface area (Å²) in [6.07, 6.45) is 0.205. The molecule has 1 rings (SSSR count). The predicted molar refractivity (Wildman–Crippen MR) is 56.2 cm³/mol. The van der Waals surface area contributed by atoms with Crippen LogP contribution in [-0.4, -0.2) is 37.9 Å². The maximum absolute atomic E-state index is 11.9. The lowest BCUT2D eigenvalue weighted by Crippen LogP contribution is -2.32. The summed E-state index contributed by atoms with van der Waals surface area (Å²) in [5.41, 5.74) is -0.475. The molecule has 16 heavy (non-hydrogen) atoms. The van der Waals surface area contributed by atoms with Crippen LogP contribution in [0.5, 0.6) is 0 Å². The van der Waals surface area contributed by atoms with Crippen molar-refractivity contribution < 1.29 is 23.2 Å². The maximum atomic E-state index is 11.9. The molecule has 0 aromatic heterocycles. The van der Waals surface area contributed by atoms with Crippen molar-refractivity contribution in [2.75, 3.05) is 14.2 Å². The summed E-state index contributed by atoms with van der Waals surface area (Å²) in [4.78, 5) is 22.1. The van der Waals surface area contributed by atoms with Gasteiger partial charge in [0.05, 0.1) is 5.66 Å². The monoisotopic (exact) mass is 250 g/mol. The van der Waals surface area contributed by atoms with Crippen molar-refractivity contribution in [1.29, 1.82) is 0 Å². The van der Waals surface area contributed by atoms with E-state index in [0.717, 1.165) is 0 Å². The van der Waals surface area contributed by atoms with Gasteiger partial charge in [-0.25, -0.2) is 4.79 Å². The Balaban J connectivity index is 2.64. The largest absolute Gasteiger partial charge is 0.332 e. The number of carbonyl (C=O) groups is 2. The SMILES string of the molecule is COP(=O)(OC)C(C)CC1NC(=O)NC1=O. The fraction of sp³-hybridized carbons (Fsp3) is 0.750. The van der Waals surface area contributed by atoms with Crippen molar-refractivity contribution >= 4 is 19.5 Å². The number of hydrogen-bond donors (Lipinski definition) is 2. The predicted octanol–water partition coefficient (Wildman–Crippen LogP) is 0.459. The second-order valence-corrected chi connectivity index (χ2v) is 6.20. The molecule has 0 aliphatic carbocycles. The van der Waals surface area contributed by atoms with Crippen LogP contribution in [0.1, 0.15) is 13.3 Å². The molecular weight excluding hydrogens is 235 g/mol. The Morgan fingerprint density at radius 3 is 2.31 bits per heavy atom. The zero-order valence-electron chi connectivity index (χ0n) is 9.35. The summed E-state index contributed by atoms with van der Waals surface area (Å²) in [5, 5.41) is 4.52. The Bertz CT molecular complexity index is 337. The minimum absolute atomic E-state index is 0.205. The van der Waals surface area contributed by atoms with Crippen LogP contribution in [0.4, 0.5) is 4.79 Å². The Morgan fingerprint density at radius 2 is 1.94 bits per heavy atom. The average Bonchev–Trinajstić information content (AvgIpc) is 2.56. The van der Waals surface area contributed by atoms with E-state index in [2.05, 4.69) is 10.6 Å². The van der Waals surface area contributed by atoms with E-state index >= 15 is 0 Å². The molecule has 8 heteroatoms. The van der Waals surface area contributed by atoms with Crippen LogP contribution in [-0.2, 0) is 18.4 Å². The molecule has 1 aliphatic heterocycles. The van der Waals surface area contributed by atoms with Gasteiger partial charge >= 0.3 is 13.6 Å². The molecule has 2 N–H and O–H groups in total. The number of hydrogen-bond acceptors (Lipinski definition) is 5. The van der Waals surface area contributed by atoms with Gasteiger partial charge in [-0.05, 0) is 6.42 Å². The van der Waals surface area contributed by atoms with Crippen LogP contribution in [0.15, 0.2) is 0 Å². The van der Waals surface area contributed by atoms with Gasteiger partial charge in [-0.1, -0.05) is 6.92 Å². The summed E-state index contributed by atoms with van der Waals surface area (Å²) < 4.78 is 21.6. The number of rotatable bonds is 5. The Labute approximate surface area is 93.4 Å². The number of nitrogens with one attached hydrogen (secondary N) is 2. The van der Waals surface area contributed by atoms with E-state index in [1.807, 2.05) is 0 Å². The summed E-state index contributed by atoms with van der Waals surface area (Å²) in [6, 6.07) is -1.21. The Hall–Kier alpha value is -0.910. The van der Waals surface area contributed by atoms with E-state index < -0.39 is 31.2 Å². The van der Waals surface area contributed by atoms with Gasteiger partial charge in [0, 0.05) is 14.2 Å². The molecule has 0 radical (unpaired) electrons. The zero-order chi connectivity index (χ0) is 12.3. The second-order valence-electron chi connectivity index (χ2n) is 3.51. The van der Waals surface area contributed by atoms with Crippen molar-refractivity contribution in [2.45, 2.75) is 25.0 Å². The third-order valence-corrected chi connectivity index (χ3v) is 4.79. The highest BCUT2D eigenvalue weighted by atomic mass is 31.2. The molecule has 92 valence electrons. The third kappa shape index (κ3) is 2.61. The summed E-state index contributed by atoms with van der Waals surface area (Å²) in [5.74, 6) is -0.421. The van der Waals surface area contributed by atoms with Crippen LogP contribution < -0.4 is 10.6 Å². The molecule has 7 nitrogen and oxygen atoms in total. The highest BCUT2D eigenvalue weighted by Gasteiger charge is 2.37. The van der Waals surface area contributed by atoms with Crippen molar-refractivity contribution in [3.05, 3.63) is 0 Å². The molecule has 0 aromatic carbocycles. The standard InChI is InChI=1S/C8H15N2O5P/c1-5(16(13,14-2)15-3)4-6-7(11)10-8(12)9-6/h5-6H,4H2,1-3H3,(H2,9,10,11,12). The summed E-state index contributed by atoms with van der Waals surface area (Å²) in [6.45, 7) is 1.64. The lowest BCUT2D eigenvalue weighted by molar-refractivity contribution is -0.120. The van der Waals surface area contributed by atoms with Crippen molar-refractivity contribution in [3.63, 3.8) is 0 Å². The van der Waals surface area contributed by atoms with Crippen LogP contribution in [0, 0.1) is 0 Å². The first kappa shape index (κ1) is 13.2. The number of urea groups is 1. The van der Waals surface area contributed by atoms with E-state index in [4.69, 9.17) is 9.05 Å². The lowest BCUT2D eigenvalue weighted by Gasteiger charge is -2.22. The molecule has 1 aliphatic rings. The maximum Gasteiger partial charge on any atom is 0.332 e. The number of carbonyl (C=O) groups excluding carboxylic acids is 2. The first-order valence-corrected chi connectivity index (χ1v) is 6.36. The molecule has 0 aromatic rings. The molecule has 1 fully saturated rings. The number of amides is 3. The van der Waals surface area contributed by atoms with E-state index in [1.54, 1.807) is 6.92 Å². The van der Waals surface area contributed by atoms with Gasteiger partial charge in [0.15, 0.2) is 0 Å². The van der Waals surface area contributed by atoms with Crippen LogP contribution in [0.3, 0.4) is 0 Å².